The fourth-order valence-electron chi connectivity index (χ4n) is 7.98. The average Bonchev–Trinajstić information content (AvgIpc) is 4.02. The Morgan fingerprint density at radius 3 is 1.78 bits per heavy atom. The van der Waals surface area contributed by atoms with Crippen LogP contribution in [-0.4, -0.2) is 199 Å². The van der Waals surface area contributed by atoms with Crippen molar-refractivity contribution in [3.63, 3.8) is 0 Å². The Morgan fingerprint density at radius 2 is 1.22 bits per heavy atom. The molecule has 2 heterocycles. The largest absolute Gasteiger partial charge is 0.508 e. The van der Waals surface area contributed by atoms with Crippen LogP contribution in [0.15, 0.2) is 29.3 Å². The number of carbonyl (C=O) groups is 10. The van der Waals surface area contributed by atoms with Gasteiger partial charge < -0.3 is 89.5 Å². The number of carboxylic acids is 2. The predicted molar refractivity (Wildman–Crippen MR) is 251 cm³/mol. The van der Waals surface area contributed by atoms with Crippen molar-refractivity contribution in [3.8, 4) is 5.75 Å². The van der Waals surface area contributed by atoms with E-state index >= 15 is 0 Å². The van der Waals surface area contributed by atoms with Gasteiger partial charge in [0.15, 0.2) is 5.96 Å². The number of carboxylic acid groups (broad SMARTS) is 2. The number of aliphatic carboxylic acids is 2. The predicted octanol–water partition coefficient (Wildman–Crippen LogP) is -6.21. The summed E-state index contributed by atoms with van der Waals surface area (Å²) < 4.78 is 0. The van der Waals surface area contributed by atoms with E-state index in [-0.39, 0.29) is 63.4 Å². The molecule has 0 aliphatic carbocycles. The van der Waals surface area contributed by atoms with Crippen LogP contribution in [0.25, 0.3) is 0 Å². The molecule has 0 spiro atoms. The maximum absolute atomic E-state index is 14.1. The van der Waals surface area contributed by atoms with E-state index in [0.29, 0.717) is 18.4 Å². The van der Waals surface area contributed by atoms with Crippen molar-refractivity contribution in [1.29, 1.82) is 0 Å². The Kier molecular flexibility index (Phi) is 23.0. The fourth-order valence-corrected chi connectivity index (χ4v) is 7.98. The van der Waals surface area contributed by atoms with Gasteiger partial charge in [0, 0.05) is 19.6 Å². The molecule has 3 rings (SSSR count). The summed E-state index contributed by atoms with van der Waals surface area (Å²) in [6.07, 6.45) is -1.70. The van der Waals surface area contributed by atoms with Crippen LogP contribution >= 0.6 is 0 Å². The highest BCUT2D eigenvalue weighted by Crippen LogP contribution is 2.27. The molecule has 0 aromatic heterocycles. The Hall–Kier alpha value is -7.17. The molecule has 18 N–H and O–H groups in total. The number of phenolic OH excluding ortho intramolecular Hbond substituents is 1. The zero-order valence-electron chi connectivity index (χ0n) is 40.2. The van der Waals surface area contributed by atoms with Gasteiger partial charge >= 0.3 is 11.9 Å². The van der Waals surface area contributed by atoms with Crippen LogP contribution in [-0.2, 0) is 54.4 Å². The number of guanidine groups is 1. The van der Waals surface area contributed by atoms with Crippen molar-refractivity contribution in [1.82, 2.24) is 41.7 Å². The molecule has 1 aromatic carbocycles. The Morgan fingerprint density at radius 1 is 0.694 bits per heavy atom. The number of rotatable bonds is 27. The number of carbonyl (C=O) groups excluding carboxylic acids is 8. The molecule has 0 radical (unpaired) electrons. The van der Waals surface area contributed by atoms with Crippen LogP contribution in [0, 0.1) is 5.92 Å². The highest BCUT2D eigenvalue weighted by Gasteiger charge is 2.45. The van der Waals surface area contributed by atoms with Gasteiger partial charge in [0.05, 0.1) is 31.8 Å². The monoisotopic (exact) mass is 1020 g/mol. The summed E-state index contributed by atoms with van der Waals surface area (Å²) in [5.41, 5.74) is 17.3. The summed E-state index contributed by atoms with van der Waals surface area (Å²) in [5, 5.41) is 72.6. The van der Waals surface area contributed by atoms with E-state index in [0.717, 1.165) is 6.92 Å². The highest BCUT2D eigenvalue weighted by molar-refractivity contribution is 5.99. The smallest absolute Gasteiger partial charge is 0.326 e. The summed E-state index contributed by atoms with van der Waals surface area (Å²) in [4.78, 5) is 138. The number of aliphatic imine (C=N–C) groups is 1. The molecule has 72 heavy (non-hydrogen) atoms. The summed E-state index contributed by atoms with van der Waals surface area (Å²) >= 11 is 0. The van der Waals surface area contributed by atoms with Crippen LogP contribution in [0.4, 0.5) is 0 Å². The van der Waals surface area contributed by atoms with Gasteiger partial charge in [0.1, 0.15) is 54.1 Å². The first-order valence-corrected chi connectivity index (χ1v) is 23.3. The highest BCUT2D eigenvalue weighted by atomic mass is 16.4. The number of hydrogen-bond acceptors (Lipinski definition) is 16. The molecule has 2 aliphatic rings. The molecule has 0 bridgehead atoms. The molecular weight excluding hydrogens is 953 g/mol. The number of aliphatic hydroxyl groups is 3. The second kappa shape index (κ2) is 28.0. The number of nitrogens with one attached hydrogen (secondary N) is 6. The minimum absolute atomic E-state index is 0.00150. The summed E-state index contributed by atoms with van der Waals surface area (Å²) in [6, 6.07) is -7.32. The molecule has 2 aliphatic heterocycles. The Labute approximate surface area is 413 Å². The topological polar surface area (TPSA) is 461 Å². The Bertz CT molecular complexity index is 2140. The Balaban J connectivity index is 1.66. The van der Waals surface area contributed by atoms with Crippen LogP contribution in [0.5, 0.6) is 5.75 Å². The van der Waals surface area contributed by atoms with E-state index in [1.807, 2.05) is 5.32 Å². The van der Waals surface area contributed by atoms with E-state index in [1.165, 1.54) is 21.9 Å². The van der Waals surface area contributed by atoms with Crippen LogP contribution in [0.3, 0.4) is 0 Å². The zero-order valence-corrected chi connectivity index (χ0v) is 40.2. The molecule has 2 saturated heterocycles. The van der Waals surface area contributed by atoms with Gasteiger partial charge in [-0.05, 0) is 75.5 Å². The van der Waals surface area contributed by atoms with E-state index < -0.39 is 145 Å². The third kappa shape index (κ3) is 17.3. The first-order valence-electron chi connectivity index (χ1n) is 23.3. The lowest BCUT2D eigenvalue weighted by atomic mass is 10.00. The standard InChI is InChI=1S/C44H68N12O16/c1-21(2)33(53-35(63)25(45)17-23-10-12-24(60)13-11-23)42(70)56-16-6-9-31(56)41(69)55-15-5-8-30(55)39(67)52-28(19-57)37(65)51-29(20-58)38(66)54-34(22(3)59)40(68)50-27(18-32(61)62)36(64)49-26(43(71)72)7-4-14-48-44(46)47/h10-13,21-22,25-31,33-34,57-60H,4-9,14-20,45H2,1-3H3,(H,49,64)(H,50,68)(H,51,65)(H,52,67)(H,53,63)(H,54,66)(H,61,62)(H,71,72)(H4,46,47,48)/t22-,25+,26+,27+,28+,29+,30+,31+,33+,34+/m1/s1. The lowest BCUT2D eigenvalue weighted by molar-refractivity contribution is -0.148. The molecule has 28 nitrogen and oxygen atoms in total. The van der Waals surface area contributed by atoms with Crippen LogP contribution in [0.1, 0.15) is 71.3 Å². The maximum atomic E-state index is 14.1. The third-order valence-electron chi connectivity index (χ3n) is 11.9. The minimum atomic E-state index is -1.97. The van der Waals surface area contributed by atoms with E-state index in [4.69, 9.17) is 17.2 Å². The lowest BCUT2D eigenvalue weighted by Gasteiger charge is -2.34. The first-order chi connectivity index (χ1) is 33.9. The molecular formula is C44H68N12O16. The number of aromatic hydroxyl groups is 1. The number of benzene rings is 1. The van der Waals surface area contributed by atoms with E-state index in [2.05, 4.69) is 31.6 Å². The van der Waals surface area contributed by atoms with Crippen molar-refractivity contribution >= 4 is 65.2 Å². The van der Waals surface area contributed by atoms with Gasteiger partial charge in [-0.15, -0.1) is 0 Å². The number of hydrogen-bond donors (Lipinski definition) is 15. The average molecular weight is 1020 g/mol. The fraction of sp³-hybridized carbons (Fsp3) is 0.614. The lowest BCUT2D eigenvalue weighted by Crippen LogP contribution is -2.62. The normalized spacial score (nSPS) is 18.7. The minimum Gasteiger partial charge on any atom is -0.508 e. The van der Waals surface area contributed by atoms with Crippen molar-refractivity contribution in [2.75, 3.05) is 32.8 Å². The van der Waals surface area contributed by atoms with E-state index in [9.17, 15) is 78.6 Å². The zero-order chi connectivity index (χ0) is 54.0. The van der Waals surface area contributed by atoms with Crippen LogP contribution < -0.4 is 49.1 Å². The number of phenols is 1. The van der Waals surface area contributed by atoms with E-state index in [1.54, 1.807) is 26.0 Å². The van der Waals surface area contributed by atoms with Gasteiger partial charge in [-0.2, -0.15) is 0 Å². The third-order valence-corrected chi connectivity index (χ3v) is 11.9. The SMILES string of the molecule is CC(C)[C@H](NC(=O)[C@@H](N)Cc1ccc(O)cc1)C(=O)N1CCC[C@H]1C(=O)N1CCC[C@H]1C(=O)N[C@@H](CO)C(=O)N[C@@H](CO)C(=O)N[C@H](C(=O)N[C@@H](CC(=O)O)C(=O)N[C@@H](CCCN=C(N)N)C(=O)O)[C@@H](C)O. The number of nitrogens with zero attached hydrogens (tertiary/aromatic N) is 3. The second-order valence-electron chi connectivity index (χ2n) is 17.8. The number of amides is 8. The molecule has 400 valence electrons. The quantitative estimate of drug-likeness (QED) is 0.0221. The summed E-state index contributed by atoms with van der Waals surface area (Å²) in [5.74, 6) is -11.4. The van der Waals surface area contributed by atoms with Gasteiger partial charge in [0.25, 0.3) is 0 Å². The van der Waals surface area contributed by atoms with Gasteiger partial charge in [-0.1, -0.05) is 26.0 Å². The van der Waals surface area contributed by atoms with Crippen molar-refractivity contribution in [2.24, 2.45) is 28.1 Å². The number of nitrogens with two attached hydrogens (primary N) is 3. The van der Waals surface area contributed by atoms with Gasteiger partial charge in [0.2, 0.25) is 47.3 Å². The molecule has 10 atom stereocenters. The summed E-state index contributed by atoms with van der Waals surface area (Å²) in [6.45, 7) is 2.54. The van der Waals surface area contributed by atoms with Crippen molar-refractivity contribution in [3.05, 3.63) is 29.8 Å². The molecule has 1 aromatic rings. The van der Waals surface area contributed by atoms with Gasteiger partial charge in [-0.25, -0.2) is 4.79 Å². The molecule has 0 unspecified atom stereocenters. The first kappa shape index (κ1) is 59.1. The number of aliphatic hydroxyl groups excluding tert-OH is 3. The molecule has 28 heteroatoms. The van der Waals surface area contributed by atoms with Crippen LogP contribution in [0.2, 0.25) is 0 Å². The maximum Gasteiger partial charge on any atom is 0.326 e. The summed E-state index contributed by atoms with van der Waals surface area (Å²) in [7, 11) is 0. The molecule has 8 amide bonds. The number of likely N-dealkylation sites (tertiary alicyclic amines) is 2. The molecule has 0 saturated carbocycles. The second-order valence-corrected chi connectivity index (χ2v) is 17.8. The van der Waals surface area contributed by atoms with Crippen molar-refractivity contribution < 1.29 is 78.6 Å². The molecule has 2 fully saturated rings. The van der Waals surface area contributed by atoms with Gasteiger partial charge in [-0.3, -0.25) is 48.1 Å². The van der Waals surface area contributed by atoms with Crippen molar-refractivity contribution in [2.45, 2.75) is 133 Å².